The lowest BCUT2D eigenvalue weighted by Gasteiger charge is -2.09. The Morgan fingerprint density at radius 1 is 1.64 bits per heavy atom. The van der Waals surface area contributed by atoms with Crippen LogP contribution in [0.1, 0.15) is 19.3 Å². The Kier molecular flexibility index (Phi) is 3.42. The first-order valence-corrected chi connectivity index (χ1v) is 4.72. The smallest absolute Gasteiger partial charge is 0.227 e. The predicted octanol–water partition coefficient (Wildman–Crippen LogP) is 0.787. The summed E-state index contributed by atoms with van der Waals surface area (Å²) in [5.41, 5.74) is 4.99. The maximum absolute atomic E-state index is 10.4. The Hall–Kier alpha value is -0.510. The highest BCUT2D eigenvalue weighted by molar-refractivity contribution is 8.14. The first-order chi connectivity index (χ1) is 5.29. The zero-order valence-electron chi connectivity index (χ0n) is 6.38. The van der Waals surface area contributed by atoms with Crippen molar-refractivity contribution in [2.75, 3.05) is 12.3 Å². The van der Waals surface area contributed by atoms with E-state index in [1.807, 2.05) is 0 Å². The van der Waals surface area contributed by atoms with Crippen molar-refractivity contribution in [2.24, 2.45) is 10.7 Å². The van der Waals surface area contributed by atoms with Crippen LogP contribution in [0, 0.1) is 0 Å². The van der Waals surface area contributed by atoms with Crippen molar-refractivity contribution in [3.8, 4) is 0 Å². The van der Waals surface area contributed by atoms with Crippen LogP contribution in [0.15, 0.2) is 4.99 Å². The van der Waals surface area contributed by atoms with Gasteiger partial charge >= 0.3 is 0 Å². The van der Waals surface area contributed by atoms with Crippen LogP contribution in [0.25, 0.3) is 0 Å². The van der Waals surface area contributed by atoms with Crippen molar-refractivity contribution in [3.63, 3.8) is 0 Å². The zero-order chi connectivity index (χ0) is 8.10. The summed E-state index contributed by atoms with van der Waals surface area (Å²) in [6.07, 6.45) is 3.41. The van der Waals surface area contributed by atoms with Gasteiger partial charge in [-0.1, -0.05) is 0 Å². The Bertz CT molecular complexity index is 179. The first-order valence-electron chi connectivity index (χ1n) is 3.73. The van der Waals surface area contributed by atoms with E-state index in [1.165, 1.54) is 24.6 Å². The van der Waals surface area contributed by atoms with Crippen LogP contribution in [-0.2, 0) is 4.79 Å². The van der Waals surface area contributed by atoms with Crippen molar-refractivity contribution in [1.29, 1.82) is 0 Å². The third kappa shape index (κ3) is 3.41. The summed E-state index contributed by atoms with van der Waals surface area (Å²) in [6.45, 7) is 0.918. The summed E-state index contributed by atoms with van der Waals surface area (Å²) in [5, 5.41) is 1.09. The molecule has 0 aliphatic carbocycles. The lowest BCUT2D eigenvalue weighted by Crippen LogP contribution is -2.15. The molecule has 3 nitrogen and oxygen atoms in total. The fraction of sp³-hybridized carbons (Fsp3) is 0.714. The maximum atomic E-state index is 10.4. The Balaban J connectivity index is 2.24. The van der Waals surface area contributed by atoms with E-state index in [1.54, 1.807) is 0 Å². The molecule has 62 valence electrons. The molecule has 1 amide bonds. The number of hydrogen-bond acceptors (Lipinski definition) is 3. The molecule has 0 saturated carbocycles. The molecule has 0 aromatic carbocycles. The van der Waals surface area contributed by atoms with E-state index in [2.05, 4.69) is 4.99 Å². The van der Waals surface area contributed by atoms with Gasteiger partial charge in [0.15, 0.2) is 0 Å². The third-order valence-electron chi connectivity index (χ3n) is 1.47. The van der Waals surface area contributed by atoms with E-state index in [4.69, 9.17) is 5.73 Å². The number of amides is 1. The number of carbonyl (C=O) groups is 1. The number of nitrogens with two attached hydrogens (primary N) is 1. The van der Waals surface area contributed by atoms with Gasteiger partial charge in [-0.15, -0.1) is 11.8 Å². The van der Waals surface area contributed by atoms with Crippen molar-refractivity contribution in [1.82, 2.24) is 0 Å². The largest absolute Gasteiger partial charge is 0.369 e. The van der Waals surface area contributed by atoms with Gasteiger partial charge in [-0.05, 0) is 19.3 Å². The molecule has 0 saturated heterocycles. The average molecular weight is 172 g/mol. The predicted molar refractivity (Wildman–Crippen MR) is 47.8 cm³/mol. The number of thioether (sulfide) groups is 1. The van der Waals surface area contributed by atoms with Gasteiger partial charge < -0.3 is 5.73 Å². The van der Waals surface area contributed by atoms with E-state index in [9.17, 15) is 4.79 Å². The third-order valence-corrected chi connectivity index (χ3v) is 2.56. The molecular formula is C7H12N2OS. The fourth-order valence-corrected chi connectivity index (χ4v) is 1.72. The van der Waals surface area contributed by atoms with Crippen LogP contribution in [0.3, 0.4) is 0 Å². The van der Waals surface area contributed by atoms with Gasteiger partial charge in [0, 0.05) is 6.54 Å². The van der Waals surface area contributed by atoms with Crippen LogP contribution < -0.4 is 5.73 Å². The van der Waals surface area contributed by atoms with E-state index in [0.29, 0.717) is 5.75 Å². The number of carbonyl (C=O) groups excluding carboxylic acids is 1. The van der Waals surface area contributed by atoms with Crippen LogP contribution in [-0.4, -0.2) is 23.2 Å². The normalized spacial score (nSPS) is 17.6. The summed E-state index contributed by atoms with van der Waals surface area (Å²) >= 11 is 1.48. The van der Waals surface area contributed by atoms with E-state index in [0.717, 1.165) is 18.0 Å². The quantitative estimate of drug-likeness (QED) is 0.669. The topological polar surface area (TPSA) is 55.5 Å². The molecule has 0 unspecified atom stereocenters. The Morgan fingerprint density at radius 3 is 3.00 bits per heavy atom. The zero-order valence-corrected chi connectivity index (χ0v) is 7.19. The minimum absolute atomic E-state index is 0.261. The number of primary amides is 1. The highest BCUT2D eigenvalue weighted by Gasteiger charge is 2.06. The molecule has 2 N–H and O–H groups in total. The van der Waals surface area contributed by atoms with E-state index < -0.39 is 0 Å². The van der Waals surface area contributed by atoms with Crippen LogP contribution in [0.2, 0.25) is 0 Å². The SMILES string of the molecule is NC(=O)CSC1=NCCCC1. The average Bonchev–Trinajstić information content (AvgIpc) is 2.03. The molecule has 4 heteroatoms. The molecule has 0 spiro atoms. The Morgan fingerprint density at radius 2 is 2.45 bits per heavy atom. The molecule has 11 heavy (non-hydrogen) atoms. The van der Waals surface area contributed by atoms with Gasteiger partial charge in [0.2, 0.25) is 5.91 Å². The molecular weight excluding hydrogens is 160 g/mol. The lowest BCUT2D eigenvalue weighted by atomic mass is 10.2. The minimum atomic E-state index is -0.261. The summed E-state index contributed by atoms with van der Waals surface area (Å²) in [6, 6.07) is 0. The van der Waals surface area contributed by atoms with Gasteiger partial charge in [-0.3, -0.25) is 9.79 Å². The second kappa shape index (κ2) is 4.38. The maximum Gasteiger partial charge on any atom is 0.227 e. The molecule has 0 radical (unpaired) electrons. The molecule has 1 aliphatic heterocycles. The number of nitrogens with zero attached hydrogens (tertiary/aromatic N) is 1. The summed E-state index contributed by atoms with van der Waals surface area (Å²) in [7, 11) is 0. The van der Waals surface area contributed by atoms with Crippen molar-refractivity contribution in [3.05, 3.63) is 0 Å². The van der Waals surface area contributed by atoms with E-state index >= 15 is 0 Å². The van der Waals surface area contributed by atoms with Gasteiger partial charge in [0.25, 0.3) is 0 Å². The molecule has 1 heterocycles. The molecule has 0 atom stereocenters. The molecule has 0 aromatic rings. The first kappa shape index (κ1) is 8.59. The lowest BCUT2D eigenvalue weighted by molar-refractivity contribution is -0.115. The van der Waals surface area contributed by atoms with E-state index in [-0.39, 0.29) is 5.91 Å². The van der Waals surface area contributed by atoms with Crippen molar-refractivity contribution < 1.29 is 4.79 Å². The summed E-state index contributed by atoms with van der Waals surface area (Å²) < 4.78 is 0. The summed E-state index contributed by atoms with van der Waals surface area (Å²) in [5.74, 6) is 0.113. The molecule has 1 aliphatic rings. The second-order valence-electron chi connectivity index (χ2n) is 2.49. The fourth-order valence-electron chi connectivity index (χ4n) is 0.943. The summed E-state index contributed by atoms with van der Waals surface area (Å²) in [4.78, 5) is 14.7. The monoisotopic (exact) mass is 172 g/mol. The van der Waals surface area contributed by atoms with Crippen LogP contribution in [0.4, 0.5) is 0 Å². The number of hydrogen-bond donors (Lipinski definition) is 1. The molecule has 0 bridgehead atoms. The molecule has 0 aromatic heterocycles. The highest BCUT2D eigenvalue weighted by atomic mass is 32.2. The highest BCUT2D eigenvalue weighted by Crippen LogP contribution is 2.15. The van der Waals surface area contributed by atoms with Crippen LogP contribution >= 0.6 is 11.8 Å². The minimum Gasteiger partial charge on any atom is -0.369 e. The second-order valence-corrected chi connectivity index (χ2v) is 3.54. The van der Waals surface area contributed by atoms with Gasteiger partial charge in [-0.2, -0.15) is 0 Å². The van der Waals surface area contributed by atoms with Crippen molar-refractivity contribution >= 4 is 22.7 Å². The Labute approximate surface area is 70.4 Å². The number of rotatable bonds is 2. The standard InChI is InChI=1S/C7H12N2OS/c8-6(10)5-11-7-3-1-2-4-9-7/h1-5H2,(H2,8,10). The number of aliphatic imine (C=N–C) groups is 1. The van der Waals surface area contributed by atoms with Gasteiger partial charge in [0.1, 0.15) is 0 Å². The van der Waals surface area contributed by atoms with Crippen LogP contribution in [0.5, 0.6) is 0 Å². The van der Waals surface area contributed by atoms with Gasteiger partial charge in [0.05, 0.1) is 10.8 Å². The van der Waals surface area contributed by atoms with Gasteiger partial charge in [-0.25, -0.2) is 0 Å². The molecule has 1 rings (SSSR count). The molecule has 0 fully saturated rings. The van der Waals surface area contributed by atoms with Crippen molar-refractivity contribution in [2.45, 2.75) is 19.3 Å².